The quantitative estimate of drug-likeness (QED) is 0.612. The number of nitrogens with one attached hydrogen (secondary N) is 1. The lowest BCUT2D eigenvalue weighted by atomic mass is 10.2. The molecule has 0 aliphatic heterocycles. The van der Waals surface area contributed by atoms with Gasteiger partial charge in [-0.15, -0.1) is 0 Å². The molecular weight excluding hydrogens is 268 g/mol. The number of aliphatic hydroxyl groups excluding tert-OH is 1. The number of hydrogen-bond donors (Lipinski definition) is 2. The van der Waals surface area contributed by atoms with Crippen LogP contribution >= 0.6 is 0 Å². The molecule has 1 rings (SSSR count). The van der Waals surface area contributed by atoms with Crippen molar-refractivity contribution in [3.8, 4) is 0 Å². The van der Waals surface area contributed by atoms with Gasteiger partial charge in [-0.2, -0.15) is 0 Å². The highest BCUT2D eigenvalue weighted by atomic mass is 16.5. The molecular formula is C16H28N2O3. The highest BCUT2D eigenvalue weighted by Crippen LogP contribution is 2.17. The van der Waals surface area contributed by atoms with Gasteiger partial charge in [0.25, 0.3) is 0 Å². The summed E-state index contributed by atoms with van der Waals surface area (Å²) in [7, 11) is 1.63. The monoisotopic (exact) mass is 296 g/mol. The lowest BCUT2D eigenvalue weighted by Gasteiger charge is -2.21. The van der Waals surface area contributed by atoms with Crippen LogP contribution in [0, 0.1) is 0 Å². The molecule has 0 saturated carbocycles. The molecule has 1 unspecified atom stereocenters. The van der Waals surface area contributed by atoms with Crippen molar-refractivity contribution in [2.24, 2.45) is 0 Å². The Labute approximate surface area is 127 Å². The fourth-order valence-electron chi connectivity index (χ4n) is 2.04. The summed E-state index contributed by atoms with van der Waals surface area (Å²) in [4.78, 5) is 2.29. The molecule has 0 aliphatic carbocycles. The summed E-state index contributed by atoms with van der Waals surface area (Å²) < 4.78 is 10.2. The Balaban J connectivity index is 2.32. The van der Waals surface area contributed by atoms with Crippen molar-refractivity contribution in [1.29, 1.82) is 0 Å². The van der Waals surface area contributed by atoms with Gasteiger partial charge in [0, 0.05) is 38.1 Å². The third kappa shape index (κ3) is 6.80. The minimum Gasteiger partial charge on any atom is -0.389 e. The van der Waals surface area contributed by atoms with E-state index in [1.165, 1.54) is 5.69 Å². The van der Waals surface area contributed by atoms with Gasteiger partial charge in [0.2, 0.25) is 0 Å². The first-order chi connectivity index (χ1) is 10.2. The van der Waals surface area contributed by atoms with Gasteiger partial charge in [-0.05, 0) is 38.1 Å². The number of ether oxygens (including phenoxy) is 2. The maximum Gasteiger partial charge on any atom is 0.0945 e. The number of benzene rings is 1. The van der Waals surface area contributed by atoms with Gasteiger partial charge in [-0.3, -0.25) is 0 Å². The molecule has 0 saturated heterocycles. The second-order valence-electron chi connectivity index (χ2n) is 4.82. The topological polar surface area (TPSA) is 54.0 Å². The van der Waals surface area contributed by atoms with Gasteiger partial charge in [0.05, 0.1) is 25.9 Å². The summed E-state index contributed by atoms with van der Waals surface area (Å²) in [6, 6.07) is 8.26. The molecule has 0 bridgehead atoms. The van der Waals surface area contributed by atoms with Crippen molar-refractivity contribution in [3.63, 3.8) is 0 Å². The van der Waals surface area contributed by atoms with Crippen molar-refractivity contribution < 1.29 is 14.6 Å². The Kier molecular flexibility index (Phi) is 8.82. The van der Waals surface area contributed by atoms with E-state index in [4.69, 9.17) is 9.47 Å². The normalized spacial score (nSPS) is 12.2. The molecule has 0 amide bonds. The average molecular weight is 296 g/mol. The SMILES string of the molecule is CCN(CC)c1ccc(NCC(O)COCCOC)cc1. The Bertz CT molecular complexity index is 366. The van der Waals surface area contributed by atoms with E-state index in [9.17, 15) is 5.11 Å². The Morgan fingerprint density at radius 1 is 1.14 bits per heavy atom. The van der Waals surface area contributed by atoms with Crippen LogP contribution in [0.5, 0.6) is 0 Å². The van der Waals surface area contributed by atoms with Crippen LogP contribution in [0.4, 0.5) is 11.4 Å². The van der Waals surface area contributed by atoms with E-state index in [0.29, 0.717) is 26.4 Å². The maximum atomic E-state index is 9.79. The van der Waals surface area contributed by atoms with Crippen LogP contribution in [0.1, 0.15) is 13.8 Å². The van der Waals surface area contributed by atoms with Gasteiger partial charge in [-0.25, -0.2) is 0 Å². The van der Waals surface area contributed by atoms with Crippen LogP contribution < -0.4 is 10.2 Å². The number of methoxy groups -OCH3 is 1. The molecule has 1 aromatic carbocycles. The third-order valence-corrected chi connectivity index (χ3v) is 3.28. The molecule has 1 aromatic rings. The minimum atomic E-state index is -0.524. The first kappa shape index (κ1) is 17.8. The Morgan fingerprint density at radius 3 is 2.38 bits per heavy atom. The fraction of sp³-hybridized carbons (Fsp3) is 0.625. The van der Waals surface area contributed by atoms with Gasteiger partial charge in [0.15, 0.2) is 0 Å². The van der Waals surface area contributed by atoms with Crippen LogP contribution in [0.3, 0.4) is 0 Å². The summed E-state index contributed by atoms with van der Waals surface area (Å²) >= 11 is 0. The first-order valence-electron chi connectivity index (χ1n) is 7.54. The summed E-state index contributed by atoms with van der Waals surface area (Å²) in [5, 5.41) is 13.0. The Hall–Kier alpha value is -1.30. The zero-order chi connectivity index (χ0) is 15.5. The van der Waals surface area contributed by atoms with Gasteiger partial charge in [0.1, 0.15) is 0 Å². The van der Waals surface area contributed by atoms with Crippen molar-refractivity contribution in [2.75, 3.05) is 56.8 Å². The van der Waals surface area contributed by atoms with E-state index in [2.05, 4.69) is 36.2 Å². The molecule has 0 spiro atoms. The molecule has 1 atom stereocenters. The van der Waals surface area contributed by atoms with Crippen molar-refractivity contribution >= 4 is 11.4 Å². The molecule has 0 aliphatic rings. The molecule has 5 heteroatoms. The predicted octanol–water partition coefficient (Wildman–Crippen LogP) is 1.97. The van der Waals surface area contributed by atoms with Crippen molar-refractivity contribution in [3.05, 3.63) is 24.3 Å². The molecule has 0 radical (unpaired) electrons. The molecule has 2 N–H and O–H groups in total. The van der Waals surface area contributed by atoms with Gasteiger partial charge >= 0.3 is 0 Å². The van der Waals surface area contributed by atoms with E-state index >= 15 is 0 Å². The number of anilines is 2. The first-order valence-corrected chi connectivity index (χ1v) is 7.54. The summed E-state index contributed by atoms with van der Waals surface area (Å²) in [6.45, 7) is 8.14. The number of rotatable bonds is 11. The van der Waals surface area contributed by atoms with E-state index in [0.717, 1.165) is 18.8 Å². The fourth-order valence-corrected chi connectivity index (χ4v) is 2.04. The van der Waals surface area contributed by atoms with E-state index in [1.54, 1.807) is 7.11 Å². The number of hydrogen-bond acceptors (Lipinski definition) is 5. The van der Waals surface area contributed by atoms with Gasteiger partial charge < -0.3 is 24.8 Å². The van der Waals surface area contributed by atoms with Crippen molar-refractivity contribution in [2.45, 2.75) is 20.0 Å². The lowest BCUT2D eigenvalue weighted by molar-refractivity contribution is 0.0182. The third-order valence-electron chi connectivity index (χ3n) is 3.28. The smallest absolute Gasteiger partial charge is 0.0945 e. The second-order valence-corrected chi connectivity index (χ2v) is 4.82. The lowest BCUT2D eigenvalue weighted by Crippen LogP contribution is -2.25. The second kappa shape index (κ2) is 10.4. The molecule has 120 valence electrons. The molecule has 0 heterocycles. The summed E-state index contributed by atoms with van der Waals surface area (Å²) in [5.74, 6) is 0. The number of nitrogens with zero attached hydrogens (tertiary/aromatic N) is 1. The van der Waals surface area contributed by atoms with E-state index in [1.807, 2.05) is 12.1 Å². The largest absolute Gasteiger partial charge is 0.389 e. The zero-order valence-corrected chi connectivity index (χ0v) is 13.3. The maximum absolute atomic E-state index is 9.79. The van der Waals surface area contributed by atoms with Crippen LogP contribution in [-0.2, 0) is 9.47 Å². The van der Waals surface area contributed by atoms with Crippen LogP contribution in [0.15, 0.2) is 24.3 Å². The predicted molar refractivity (Wildman–Crippen MR) is 87.2 cm³/mol. The van der Waals surface area contributed by atoms with E-state index in [-0.39, 0.29) is 0 Å². The standard InChI is InChI=1S/C16H28N2O3/c1-4-18(5-2)15-8-6-14(7-9-15)17-12-16(19)13-21-11-10-20-3/h6-9,16-17,19H,4-5,10-13H2,1-3H3. The van der Waals surface area contributed by atoms with Crippen LogP contribution in [0.25, 0.3) is 0 Å². The van der Waals surface area contributed by atoms with Gasteiger partial charge in [-0.1, -0.05) is 0 Å². The highest BCUT2D eigenvalue weighted by Gasteiger charge is 2.05. The summed E-state index contributed by atoms with van der Waals surface area (Å²) in [6.07, 6.45) is -0.524. The molecule has 0 aromatic heterocycles. The molecule has 21 heavy (non-hydrogen) atoms. The van der Waals surface area contributed by atoms with Crippen LogP contribution in [0.2, 0.25) is 0 Å². The summed E-state index contributed by atoms with van der Waals surface area (Å²) in [5.41, 5.74) is 2.22. The van der Waals surface area contributed by atoms with E-state index < -0.39 is 6.10 Å². The zero-order valence-electron chi connectivity index (χ0n) is 13.3. The Morgan fingerprint density at radius 2 is 1.81 bits per heavy atom. The molecule has 0 fully saturated rings. The molecule has 5 nitrogen and oxygen atoms in total. The van der Waals surface area contributed by atoms with Crippen molar-refractivity contribution in [1.82, 2.24) is 0 Å². The average Bonchev–Trinajstić information content (AvgIpc) is 2.52. The highest BCUT2D eigenvalue weighted by molar-refractivity contribution is 5.55. The minimum absolute atomic E-state index is 0.313. The van der Waals surface area contributed by atoms with Crippen LogP contribution in [-0.4, -0.2) is 57.8 Å². The number of aliphatic hydroxyl groups is 1.